The molecule has 52 heavy (non-hydrogen) atoms. The van der Waals surface area contributed by atoms with Gasteiger partial charge in [-0.25, -0.2) is 4.57 Å². The van der Waals surface area contributed by atoms with Crippen LogP contribution in [0.2, 0.25) is 0 Å². The molecule has 11 heteroatoms. The first-order valence-corrected chi connectivity index (χ1v) is 22.3. The molecule has 0 saturated heterocycles. The molecule has 0 aliphatic carbocycles. The number of aliphatic hydroxyl groups excluding tert-OH is 2. The second-order valence-electron chi connectivity index (χ2n) is 14.0. The summed E-state index contributed by atoms with van der Waals surface area (Å²) in [5, 5.41) is 18.3. The fraction of sp³-hybridized carbons (Fsp3) is 0.854. The van der Waals surface area contributed by atoms with Crippen molar-refractivity contribution in [2.75, 3.05) is 26.4 Å². The Hall–Kier alpha value is -1.55. The molecule has 3 N–H and O–H groups in total. The first-order valence-electron chi connectivity index (χ1n) is 20.8. The predicted molar refractivity (Wildman–Crippen MR) is 210 cm³/mol. The highest BCUT2D eigenvalue weighted by molar-refractivity contribution is 7.47. The van der Waals surface area contributed by atoms with Crippen LogP contribution in [0, 0.1) is 0 Å². The molecule has 0 bridgehead atoms. The highest BCUT2D eigenvalue weighted by Gasteiger charge is 2.27. The van der Waals surface area contributed by atoms with E-state index in [0.29, 0.717) is 12.8 Å². The van der Waals surface area contributed by atoms with E-state index in [4.69, 9.17) is 19.1 Å². The number of phosphoric ester groups is 1. The van der Waals surface area contributed by atoms with E-state index in [1.807, 2.05) is 0 Å². The van der Waals surface area contributed by atoms with Crippen molar-refractivity contribution in [1.82, 2.24) is 0 Å². The lowest BCUT2D eigenvalue weighted by Crippen LogP contribution is -2.29. The van der Waals surface area contributed by atoms with Gasteiger partial charge in [0, 0.05) is 12.8 Å². The summed E-state index contributed by atoms with van der Waals surface area (Å²) in [6.07, 6.45) is 35.7. The van der Waals surface area contributed by atoms with Crippen molar-refractivity contribution in [2.24, 2.45) is 0 Å². The van der Waals surface area contributed by atoms with Crippen LogP contribution in [-0.2, 0) is 32.7 Å². The van der Waals surface area contributed by atoms with E-state index >= 15 is 0 Å². The number of allylic oxidation sites excluding steroid dienone is 4. The molecule has 0 rings (SSSR count). The minimum atomic E-state index is -4.61. The van der Waals surface area contributed by atoms with E-state index in [1.54, 1.807) is 0 Å². The number of hydrogen-bond acceptors (Lipinski definition) is 9. The van der Waals surface area contributed by atoms with Gasteiger partial charge in [-0.15, -0.1) is 0 Å². The molecular weight excluding hydrogens is 683 g/mol. The van der Waals surface area contributed by atoms with Crippen molar-refractivity contribution in [3.8, 4) is 0 Å². The Kier molecular flexibility index (Phi) is 36.6. The normalized spacial score (nSPS) is 14.2. The van der Waals surface area contributed by atoms with Crippen molar-refractivity contribution in [2.45, 2.75) is 199 Å². The van der Waals surface area contributed by atoms with Crippen molar-refractivity contribution in [3.63, 3.8) is 0 Å². The first-order chi connectivity index (χ1) is 25.2. The molecular formula is C41H77O10P. The Balaban J connectivity index is 4.34. The van der Waals surface area contributed by atoms with Crippen LogP contribution in [0.3, 0.4) is 0 Å². The summed E-state index contributed by atoms with van der Waals surface area (Å²) in [5.74, 6) is -0.942. The van der Waals surface area contributed by atoms with Crippen molar-refractivity contribution in [1.29, 1.82) is 0 Å². The second kappa shape index (κ2) is 37.8. The van der Waals surface area contributed by atoms with Crippen molar-refractivity contribution < 1.29 is 47.8 Å². The quantitative estimate of drug-likeness (QED) is 0.0239. The monoisotopic (exact) mass is 761 g/mol. The molecule has 0 aromatic rings. The zero-order valence-electron chi connectivity index (χ0n) is 33.0. The Labute approximate surface area is 317 Å². The second-order valence-corrected chi connectivity index (χ2v) is 15.5. The van der Waals surface area contributed by atoms with E-state index in [2.05, 4.69) is 42.7 Å². The maximum atomic E-state index is 12.6. The smallest absolute Gasteiger partial charge is 0.462 e. The SMILES string of the molecule is CCCCCC/C=C\CCCCCCCC(=O)OC[C@H](COP(=O)(O)OC[C@@H](O)CO)OC(=O)CCCCCCC/C=C\CCCCCCCCC. The summed E-state index contributed by atoms with van der Waals surface area (Å²) >= 11 is 0. The highest BCUT2D eigenvalue weighted by atomic mass is 31.2. The van der Waals surface area contributed by atoms with Gasteiger partial charge in [0.1, 0.15) is 12.7 Å². The summed E-state index contributed by atoms with van der Waals surface area (Å²) in [5.41, 5.74) is 0. The van der Waals surface area contributed by atoms with Crippen LogP contribution in [0.4, 0.5) is 0 Å². The lowest BCUT2D eigenvalue weighted by Gasteiger charge is -2.20. The number of phosphoric acid groups is 1. The van der Waals surface area contributed by atoms with Crippen LogP contribution in [0.1, 0.15) is 187 Å². The number of unbranched alkanes of at least 4 members (excludes halogenated alkanes) is 21. The van der Waals surface area contributed by atoms with E-state index in [0.717, 1.165) is 77.0 Å². The molecule has 0 radical (unpaired) electrons. The first kappa shape index (κ1) is 50.5. The van der Waals surface area contributed by atoms with E-state index in [9.17, 15) is 24.2 Å². The summed E-state index contributed by atoms with van der Waals surface area (Å²) < 4.78 is 32.6. The van der Waals surface area contributed by atoms with Crippen molar-refractivity contribution in [3.05, 3.63) is 24.3 Å². The molecule has 0 aromatic heterocycles. The molecule has 0 heterocycles. The van der Waals surface area contributed by atoms with Crippen LogP contribution >= 0.6 is 7.82 Å². The fourth-order valence-electron chi connectivity index (χ4n) is 5.57. The van der Waals surface area contributed by atoms with Gasteiger partial charge in [0.05, 0.1) is 19.8 Å². The zero-order valence-corrected chi connectivity index (χ0v) is 33.9. The third-order valence-electron chi connectivity index (χ3n) is 8.83. The van der Waals surface area contributed by atoms with Crippen LogP contribution in [0.25, 0.3) is 0 Å². The highest BCUT2D eigenvalue weighted by Crippen LogP contribution is 2.43. The molecule has 0 aliphatic rings. The Morgan fingerprint density at radius 3 is 1.40 bits per heavy atom. The Bertz CT molecular complexity index is 925. The molecule has 0 amide bonds. The third-order valence-corrected chi connectivity index (χ3v) is 9.78. The summed E-state index contributed by atoms with van der Waals surface area (Å²) in [6, 6.07) is 0. The van der Waals surface area contributed by atoms with Crippen LogP contribution in [-0.4, -0.2) is 65.7 Å². The molecule has 0 aromatic carbocycles. The number of hydrogen-bond donors (Lipinski definition) is 3. The maximum Gasteiger partial charge on any atom is 0.472 e. The number of esters is 2. The number of rotatable bonds is 39. The van der Waals surface area contributed by atoms with E-state index < -0.39 is 51.8 Å². The Morgan fingerprint density at radius 2 is 0.942 bits per heavy atom. The fourth-order valence-corrected chi connectivity index (χ4v) is 6.36. The van der Waals surface area contributed by atoms with Gasteiger partial charge in [-0.05, 0) is 64.2 Å². The van der Waals surface area contributed by atoms with Gasteiger partial charge in [-0.2, -0.15) is 0 Å². The average molecular weight is 761 g/mol. The van der Waals surface area contributed by atoms with Gasteiger partial charge in [0.25, 0.3) is 0 Å². The lowest BCUT2D eigenvalue weighted by atomic mass is 10.1. The van der Waals surface area contributed by atoms with Gasteiger partial charge in [-0.3, -0.25) is 18.6 Å². The standard InChI is InChI=1S/C41H77O10P/c1-3-5-7-9-11-13-15-17-18-19-21-23-25-27-29-31-33-41(45)51-39(37-50-52(46,47)49-35-38(43)34-42)36-48-40(44)32-30-28-26-24-22-20-16-14-12-10-8-6-4-2/h14,16,18-19,38-39,42-43H,3-13,15,17,20-37H2,1-2H3,(H,46,47)/b16-14-,19-18-/t38-,39+/m0/s1. The van der Waals surface area contributed by atoms with Gasteiger partial charge in [-0.1, -0.05) is 134 Å². The summed E-state index contributed by atoms with van der Waals surface area (Å²) in [6.45, 7) is 2.34. The van der Waals surface area contributed by atoms with Crippen LogP contribution < -0.4 is 0 Å². The van der Waals surface area contributed by atoms with Crippen LogP contribution in [0.5, 0.6) is 0 Å². The predicted octanol–water partition coefficient (Wildman–Crippen LogP) is 10.6. The van der Waals surface area contributed by atoms with Gasteiger partial charge >= 0.3 is 19.8 Å². The van der Waals surface area contributed by atoms with Gasteiger partial charge in [0.2, 0.25) is 0 Å². The molecule has 0 spiro atoms. The lowest BCUT2D eigenvalue weighted by molar-refractivity contribution is -0.161. The number of carbonyl (C=O) groups excluding carboxylic acids is 2. The van der Waals surface area contributed by atoms with E-state index in [-0.39, 0.29) is 19.4 Å². The van der Waals surface area contributed by atoms with Gasteiger partial charge < -0.3 is 24.6 Å². The van der Waals surface area contributed by atoms with E-state index in [1.165, 1.54) is 70.6 Å². The zero-order chi connectivity index (χ0) is 38.4. The summed E-state index contributed by atoms with van der Waals surface area (Å²) in [7, 11) is -4.61. The average Bonchev–Trinajstić information content (AvgIpc) is 3.13. The third kappa shape index (κ3) is 36.8. The number of aliphatic hydroxyl groups is 2. The molecule has 306 valence electrons. The Morgan fingerprint density at radius 1 is 0.558 bits per heavy atom. The number of carbonyl (C=O) groups is 2. The van der Waals surface area contributed by atoms with Gasteiger partial charge in [0.15, 0.2) is 6.10 Å². The topological polar surface area (TPSA) is 149 Å². The van der Waals surface area contributed by atoms with Crippen molar-refractivity contribution >= 4 is 19.8 Å². The largest absolute Gasteiger partial charge is 0.472 e. The molecule has 3 atom stereocenters. The minimum absolute atomic E-state index is 0.174. The van der Waals surface area contributed by atoms with Crippen LogP contribution in [0.15, 0.2) is 24.3 Å². The molecule has 0 saturated carbocycles. The minimum Gasteiger partial charge on any atom is -0.462 e. The molecule has 1 unspecified atom stereocenters. The molecule has 10 nitrogen and oxygen atoms in total. The maximum absolute atomic E-state index is 12.6. The summed E-state index contributed by atoms with van der Waals surface area (Å²) in [4.78, 5) is 34.9. The molecule has 0 fully saturated rings. The number of ether oxygens (including phenoxy) is 2. The molecule has 0 aliphatic heterocycles.